The number of aryl methyl sites for hydroxylation is 1. The molecule has 0 bridgehead atoms. The van der Waals surface area contributed by atoms with E-state index in [-0.39, 0.29) is 48.3 Å². The number of hydrogen-bond acceptors (Lipinski definition) is 6. The van der Waals surface area contributed by atoms with E-state index >= 15 is 0 Å². The number of nitrogens with zero attached hydrogens (tertiary/aromatic N) is 6. The van der Waals surface area contributed by atoms with E-state index in [1.54, 1.807) is 12.3 Å². The predicted octanol–water partition coefficient (Wildman–Crippen LogP) is 17.4. The molecule has 8 aromatic carbocycles. The van der Waals surface area contributed by atoms with Gasteiger partial charge in [0, 0.05) is 58.9 Å². The number of rotatable bonds is 6. The van der Waals surface area contributed by atoms with Gasteiger partial charge < -0.3 is 19.0 Å². The average Bonchev–Trinajstić information content (AvgIpc) is 4.08. The first-order valence-electron chi connectivity index (χ1n) is 26.7. The van der Waals surface area contributed by atoms with Crippen molar-refractivity contribution in [2.24, 2.45) is 0 Å². The normalized spacial score (nSPS) is 12.9. The maximum absolute atomic E-state index is 8.66. The molecule has 7 nitrogen and oxygen atoms in total. The Balaban J connectivity index is 0.000000271. The van der Waals surface area contributed by atoms with Crippen LogP contribution in [-0.2, 0) is 30.9 Å². The molecule has 0 saturated carbocycles. The van der Waals surface area contributed by atoms with E-state index in [4.69, 9.17) is 13.5 Å². The van der Waals surface area contributed by atoms with Crippen LogP contribution in [0.25, 0.3) is 105 Å². The van der Waals surface area contributed by atoms with E-state index in [9.17, 15) is 0 Å². The van der Waals surface area contributed by atoms with Crippen LogP contribution in [0.5, 0.6) is 0 Å². The Bertz CT molecular complexity index is 4080. The van der Waals surface area contributed by atoms with Crippen LogP contribution in [-0.4, -0.2) is 29.5 Å². The van der Waals surface area contributed by atoms with Crippen LogP contribution in [0.4, 0.5) is 0 Å². The maximum Gasteiger partial charge on any atom is 0.121 e. The first-order valence-corrected chi connectivity index (χ1v) is 25.2. The maximum atomic E-state index is 8.66. The molecule has 371 valence electrons. The van der Waals surface area contributed by atoms with Crippen molar-refractivity contribution < 1.29 is 28.6 Å². The monoisotopic (exact) mass is 1150 g/mol. The quantitative estimate of drug-likeness (QED) is 0.122. The van der Waals surface area contributed by atoms with Crippen molar-refractivity contribution in [2.75, 3.05) is 0 Å². The van der Waals surface area contributed by atoms with Gasteiger partial charge in [0.1, 0.15) is 5.58 Å². The van der Waals surface area contributed by atoms with Crippen LogP contribution >= 0.6 is 0 Å². The molecule has 74 heavy (non-hydrogen) atoms. The second-order valence-electron chi connectivity index (χ2n) is 21.9. The molecule has 12 rings (SSSR count). The van der Waals surface area contributed by atoms with E-state index < -0.39 is 6.85 Å². The molecule has 12 aromatic rings. The molecule has 0 unspecified atom stereocenters. The van der Waals surface area contributed by atoms with Gasteiger partial charge in [-0.05, 0) is 114 Å². The Labute approximate surface area is 451 Å². The molecule has 0 aliphatic heterocycles. The average molecular weight is 1150 g/mol. The summed E-state index contributed by atoms with van der Waals surface area (Å²) >= 11 is 0. The standard InChI is InChI=1S/C50H39N2O.C16H21N4.Ir/c1-29(2)40-26-36(32-13-7-6-8-14-32)27-41(30(3)4)47(40)52-48-38-18-12-10-16-34(38)22-24-44(48)51-50(52)39-23-19-31(5)46-43-25-35-21-20-33-15-9-11-17-37(33)42(35)28-45(43)53-49(39)46;1-15(2,3)12-9-17-13(18-10-12)11-7-19-14(20-8-11)16(4,5)6;/h6-22,24-30H,1-5H3;7,9-10H,1-6H3;/q2*-1;/i5D3;;. The van der Waals surface area contributed by atoms with Crippen molar-refractivity contribution in [3.8, 4) is 39.6 Å². The van der Waals surface area contributed by atoms with Gasteiger partial charge in [0.25, 0.3) is 0 Å². The third-order valence-electron chi connectivity index (χ3n) is 13.9. The Hall–Kier alpha value is -7.38. The first-order chi connectivity index (χ1) is 36.2. The second-order valence-corrected chi connectivity index (χ2v) is 21.9. The molecule has 0 fully saturated rings. The molecule has 0 atom stereocenters. The fourth-order valence-electron chi connectivity index (χ4n) is 9.95. The molecule has 4 heterocycles. The summed E-state index contributed by atoms with van der Waals surface area (Å²) in [7, 11) is 0. The van der Waals surface area contributed by atoms with Gasteiger partial charge in [0.2, 0.25) is 0 Å². The molecule has 4 aromatic heterocycles. The zero-order valence-corrected chi connectivity index (χ0v) is 45.9. The summed E-state index contributed by atoms with van der Waals surface area (Å²) in [5.74, 6) is 2.37. The van der Waals surface area contributed by atoms with E-state index in [2.05, 4.69) is 221 Å². The molecule has 0 amide bonds. The van der Waals surface area contributed by atoms with Gasteiger partial charge in [-0.25, -0.2) is 0 Å². The van der Waals surface area contributed by atoms with Crippen LogP contribution in [0.2, 0.25) is 0 Å². The first kappa shape index (κ1) is 46.4. The summed E-state index contributed by atoms with van der Waals surface area (Å²) in [4.78, 5) is 22.9. The topological polar surface area (TPSA) is 82.5 Å². The Morgan fingerprint density at radius 3 is 1.89 bits per heavy atom. The summed E-state index contributed by atoms with van der Waals surface area (Å²) in [5.41, 5.74) is 11.4. The Morgan fingerprint density at radius 2 is 1.26 bits per heavy atom. The Morgan fingerprint density at radius 1 is 0.622 bits per heavy atom. The summed E-state index contributed by atoms with van der Waals surface area (Å²) < 4.78 is 35.2. The number of aromatic nitrogens is 6. The zero-order chi connectivity index (χ0) is 53.4. The van der Waals surface area contributed by atoms with Crippen LogP contribution in [0.1, 0.15) is 113 Å². The van der Waals surface area contributed by atoms with Crippen LogP contribution in [0.3, 0.4) is 0 Å². The molecular formula is C66H60IrN6O-2. The third-order valence-corrected chi connectivity index (χ3v) is 13.9. The van der Waals surface area contributed by atoms with Gasteiger partial charge in [-0.1, -0.05) is 196 Å². The smallest absolute Gasteiger partial charge is 0.121 e. The molecule has 0 N–H and O–H groups in total. The fourth-order valence-corrected chi connectivity index (χ4v) is 9.95. The number of hydrogen-bond donors (Lipinski definition) is 0. The summed E-state index contributed by atoms with van der Waals surface area (Å²) in [6.07, 6.45) is 8.43. The molecular weight excluding hydrogens is 1080 g/mol. The summed E-state index contributed by atoms with van der Waals surface area (Å²) in [6, 6.07) is 49.6. The van der Waals surface area contributed by atoms with Gasteiger partial charge in [-0.15, -0.1) is 17.7 Å². The van der Waals surface area contributed by atoms with Crippen molar-refractivity contribution in [1.29, 1.82) is 0 Å². The van der Waals surface area contributed by atoms with Crippen molar-refractivity contribution in [1.82, 2.24) is 29.5 Å². The number of furan rings is 1. The van der Waals surface area contributed by atoms with Gasteiger partial charge in [-0.3, -0.25) is 15.0 Å². The van der Waals surface area contributed by atoms with E-state index in [0.717, 1.165) is 71.4 Å². The van der Waals surface area contributed by atoms with Crippen molar-refractivity contribution >= 4 is 65.3 Å². The fraction of sp³-hybridized carbons (Fsp3) is 0.227. The van der Waals surface area contributed by atoms with Gasteiger partial charge in [0.15, 0.2) is 0 Å². The van der Waals surface area contributed by atoms with Gasteiger partial charge in [0.05, 0.1) is 28.3 Å². The van der Waals surface area contributed by atoms with Gasteiger partial charge in [-0.2, -0.15) is 0 Å². The van der Waals surface area contributed by atoms with E-state index in [0.29, 0.717) is 33.8 Å². The van der Waals surface area contributed by atoms with Crippen molar-refractivity contribution in [3.63, 3.8) is 0 Å². The number of benzene rings is 8. The minimum absolute atomic E-state index is 0. The summed E-state index contributed by atoms with van der Waals surface area (Å²) in [5, 5.41) is 7.84. The van der Waals surface area contributed by atoms with E-state index in [1.807, 2.05) is 24.5 Å². The van der Waals surface area contributed by atoms with Crippen LogP contribution in [0.15, 0.2) is 156 Å². The minimum atomic E-state index is -2.40. The Kier molecular flexibility index (Phi) is 12.2. The second kappa shape index (κ2) is 19.5. The minimum Gasteiger partial charge on any atom is -0.501 e. The molecule has 0 aliphatic rings. The zero-order valence-electron chi connectivity index (χ0n) is 46.5. The molecule has 8 heteroatoms. The van der Waals surface area contributed by atoms with Crippen molar-refractivity contribution in [2.45, 2.75) is 98.8 Å². The van der Waals surface area contributed by atoms with Crippen LogP contribution in [0, 0.1) is 19.1 Å². The van der Waals surface area contributed by atoms with E-state index in [1.165, 1.54) is 22.3 Å². The largest absolute Gasteiger partial charge is 0.501 e. The van der Waals surface area contributed by atoms with Crippen LogP contribution < -0.4 is 0 Å². The van der Waals surface area contributed by atoms with Gasteiger partial charge >= 0.3 is 0 Å². The third kappa shape index (κ3) is 9.09. The molecule has 0 spiro atoms. The molecule has 0 saturated heterocycles. The molecule has 1 radical (unpaired) electrons. The number of imidazole rings is 1. The van der Waals surface area contributed by atoms with Crippen molar-refractivity contribution in [3.05, 3.63) is 192 Å². The SMILES string of the molecule is CC(C)(C)c1cnc(-c2[c-]nc(C(C)(C)C)nc2)nc1.[2H]C([2H])([2H])c1c[c-]c(-c2nc3ccc4ccccc4c3n2-c2c(C(C)C)cc(-c3ccccc3)cc2C(C)C)c2oc3cc4c(ccc5ccccc54)cc3c12.[Ir]. The predicted molar refractivity (Wildman–Crippen MR) is 303 cm³/mol. The summed E-state index contributed by atoms with van der Waals surface area (Å²) in [6.45, 7) is 19.2. The molecule has 0 aliphatic carbocycles. The number of fused-ring (bicyclic) bond motifs is 9.